The molecule has 8 heterocycles. The zero-order valence-electron chi connectivity index (χ0n) is 38.9. The van der Waals surface area contributed by atoms with Crippen LogP contribution in [0.15, 0.2) is 130 Å². The number of pyridine rings is 4. The molecule has 3 N–H and O–H groups in total. The van der Waals surface area contributed by atoms with Gasteiger partial charge in [0.15, 0.2) is 17.1 Å². The van der Waals surface area contributed by atoms with Crippen LogP contribution in [0.5, 0.6) is 0 Å². The van der Waals surface area contributed by atoms with Crippen LogP contribution in [0.3, 0.4) is 0 Å². The molecule has 0 spiro atoms. The second kappa shape index (κ2) is 26.0. The number of oxazole rings is 3. The first-order valence-electron chi connectivity index (χ1n) is 22.6. The number of hydrogen-bond acceptors (Lipinski definition) is 15. The van der Waals surface area contributed by atoms with Crippen LogP contribution in [0.25, 0.3) is 0 Å². The Hall–Kier alpha value is -6.19. The van der Waals surface area contributed by atoms with E-state index in [4.69, 9.17) is 13.3 Å². The van der Waals surface area contributed by atoms with E-state index in [2.05, 4.69) is 60.6 Å². The zero-order chi connectivity index (χ0) is 46.4. The molecule has 6 bridgehead atoms. The van der Waals surface area contributed by atoms with E-state index < -0.39 is 35.8 Å². The minimum Gasteiger partial charge on any atom is -0.446 e. The summed E-state index contributed by atoms with van der Waals surface area (Å²) in [6.07, 6.45) is 13.3. The van der Waals surface area contributed by atoms with Crippen LogP contribution in [0.1, 0.15) is 136 Å². The summed E-state index contributed by atoms with van der Waals surface area (Å²) >= 11 is 0. The van der Waals surface area contributed by atoms with Crippen LogP contribution in [0, 0.1) is 5.92 Å². The van der Waals surface area contributed by atoms with Gasteiger partial charge in [0.1, 0.15) is 36.9 Å². The first-order chi connectivity index (χ1) is 32.7. The molecule has 0 saturated heterocycles. The number of aromatic nitrogens is 7. The van der Waals surface area contributed by atoms with Crippen molar-refractivity contribution in [1.29, 1.82) is 0 Å². The third-order valence-electron chi connectivity index (χ3n) is 11.2. The molecule has 0 saturated carbocycles. The van der Waals surface area contributed by atoms with E-state index in [-0.39, 0.29) is 79.6 Å². The standard InChI is InChI=1S/C49H54N12O6.2Zn/c1-33(2)25-40-49-59-42(32-67-49)45(63)55-38(17-11-23-60(26-34-13-3-7-19-50-34)27-35-14-4-8-20-51-35)47-57-41(30-65-47)44(62)54-39(48-58-43(31-66-48)46(64)56-40)18-12-24-61(28-36-15-5-9-21-52-36)29-37-16-6-10-22-53-37;;/h3-10,13-16,19-22,30-33,38-40H,11-12,17-18,23-29H2,1-2H3,(H,54,62)(H,55,63)(H,56,64);;/q;2*+2/t38-,39-,40-;;/m0../s1. The van der Waals surface area contributed by atoms with Crippen LogP contribution in [0.4, 0.5) is 0 Å². The number of rotatable bonds is 18. The second-order valence-corrected chi connectivity index (χ2v) is 16.9. The zero-order valence-corrected chi connectivity index (χ0v) is 44.9. The van der Waals surface area contributed by atoms with Crippen molar-refractivity contribution in [2.24, 2.45) is 5.92 Å². The van der Waals surface area contributed by atoms with Crippen molar-refractivity contribution < 1.29 is 66.6 Å². The predicted octanol–water partition coefficient (Wildman–Crippen LogP) is 6.96. The summed E-state index contributed by atoms with van der Waals surface area (Å²) in [5.41, 5.74) is 3.63. The van der Waals surface area contributed by atoms with Crippen molar-refractivity contribution >= 4 is 17.7 Å². The van der Waals surface area contributed by atoms with Gasteiger partial charge in [-0.15, -0.1) is 0 Å². The van der Waals surface area contributed by atoms with Crippen molar-refractivity contribution in [1.82, 2.24) is 60.6 Å². The quantitative estimate of drug-likeness (QED) is 0.0739. The molecule has 346 valence electrons. The summed E-state index contributed by atoms with van der Waals surface area (Å²) in [6, 6.07) is 21.1. The first-order valence-corrected chi connectivity index (χ1v) is 22.6. The van der Waals surface area contributed by atoms with Gasteiger partial charge in [-0.1, -0.05) is 38.1 Å². The average Bonchev–Trinajstić information content (AvgIpc) is 4.15. The molecule has 3 amide bonds. The molecule has 8 rings (SSSR count). The molecule has 69 heavy (non-hydrogen) atoms. The molecule has 0 unspecified atom stereocenters. The van der Waals surface area contributed by atoms with Crippen LogP contribution in [0.2, 0.25) is 0 Å². The van der Waals surface area contributed by atoms with E-state index >= 15 is 0 Å². The number of amides is 3. The minimum absolute atomic E-state index is 0. The Bertz CT molecular complexity index is 2480. The number of nitrogens with one attached hydrogen (secondary N) is 3. The van der Waals surface area contributed by atoms with Gasteiger partial charge in [0, 0.05) is 51.0 Å². The van der Waals surface area contributed by atoms with Crippen LogP contribution < -0.4 is 16.0 Å². The maximum Gasteiger partial charge on any atom is 2.00 e. The fraction of sp³-hybridized carbons (Fsp3) is 0.347. The van der Waals surface area contributed by atoms with Crippen molar-refractivity contribution in [2.45, 2.75) is 90.3 Å². The molecule has 0 radical (unpaired) electrons. The summed E-state index contributed by atoms with van der Waals surface area (Å²) in [5, 5.41) is 9.04. The van der Waals surface area contributed by atoms with Crippen LogP contribution >= 0.6 is 0 Å². The first kappa shape index (κ1) is 52.2. The predicted molar refractivity (Wildman–Crippen MR) is 243 cm³/mol. The molecule has 7 aromatic rings. The Morgan fingerprint density at radius 1 is 0.493 bits per heavy atom. The summed E-state index contributed by atoms with van der Waals surface area (Å²) in [5.74, 6) is -1.05. The smallest absolute Gasteiger partial charge is 0.446 e. The Kier molecular flexibility index (Phi) is 19.6. The molecule has 0 aliphatic carbocycles. The fourth-order valence-corrected chi connectivity index (χ4v) is 7.91. The largest absolute Gasteiger partial charge is 2.00 e. The molecule has 3 atom stereocenters. The summed E-state index contributed by atoms with van der Waals surface area (Å²) in [4.78, 5) is 78.2. The van der Waals surface area contributed by atoms with Crippen LogP contribution in [-0.2, 0) is 65.1 Å². The molecule has 7 aromatic heterocycles. The van der Waals surface area contributed by atoms with Gasteiger partial charge < -0.3 is 29.2 Å². The molecule has 20 heteroatoms. The van der Waals surface area contributed by atoms with E-state index in [9.17, 15) is 14.4 Å². The van der Waals surface area contributed by atoms with Gasteiger partial charge in [-0.05, 0) is 99.6 Å². The van der Waals surface area contributed by atoms with Gasteiger partial charge in [-0.25, -0.2) is 15.0 Å². The molecule has 1 aliphatic rings. The van der Waals surface area contributed by atoms with Gasteiger partial charge in [0.25, 0.3) is 17.7 Å². The minimum atomic E-state index is -0.764. The second-order valence-electron chi connectivity index (χ2n) is 16.9. The number of hydrogen-bond donors (Lipinski definition) is 3. The molecule has 18 nitrogen and oxygen atoms in total. The van der Waals surface area contributed by atoms with E-state index in [0.717, 1.165) is 22.8 Å². The summed E-state index contributed by atoms with van der Waals surface area (Å²) < 4.78 is 17.8. The third-order valence-corrected chi connectivity index (χ3v) is 11.2. The van der Waals surface area contributed by atoms with Crippen molar-refractivity contribution in [3.05, 3.63) is 174 Å². The molecule has 0 fully saturated rings. The molecule has 0 aromatic carbocycles. The van der Waals surface area contributed by atoms with Crippen molar-refractivity contribution in [3.63, 3.8) is 0 Å². The maximum absolute atomic E-state index is 14.1. The van der Waals surface area contributed by atoms with Gasteiger partial charge in [-0.2, -0.15) is 0 Å². The molecular formula is C49H54N12O6Zn2+4. The number of nitrogens with zero attached hydrogens (tertiary/aromatic N) is 9. The molecular weight excluding hydrogens is 983 g/mol. The number of fused-ring (bicyclic) bond motifs is 6. The van der Waals surface area contributed by atoms with E-state index in [0.29, 0.717) is 71.4 Å². The Balaban J connectivity index is 0.00000391. The van der Waals surface area contributed by atoms with Gasteiger partial charge in [-0.3, -0.25) is 44.1 Å². The summed E-state index contributed by atoms with van der Waals surface area (Å²) in [7, 11) is 0. The monoisotopic (exact) mass is 1030 g/mol. The third kappa shape index (κ3) is 15.1. The Morgan fingerprint density at radius 3 is 1.12 bits per heavy atom. The summed E-state index contributed by atoms with van der Waals surface area (Å²) in [6.45, 7) is 7.54. The average molecular weight is 1040 g/mol. The fourth-order valence-electron chi connectivity index (χ4n) is 7.91. The topological polar surface area (TPSA) is 223 Å². The number of carbonyl (C=O) groups excluding carboxylic acids is 3. The van der Waals surface area contributed by atoms with Gasteiger partial charge >= 0.3 is 39.0 Å². The van der Waals surface area contributed by atoms with Gasteiger partial charge in [0.2, 0.25) is 17.7 Å². The Labute approximate surface area is 425 Å². The maximum atomic E-state index is 14.1. The van der Waals surface area contributed by atoms with E-state index in [1.54, 1.807) is 24.8 Å². The van der Waals surface area contributed by atoms with E-state index in [1.165, 1.54) is 18.8 Å². The normalized spacial score (nSPS) is 16.2. The Morgan fingerprint density at radius 2 is 0.812 bits per heavy atom. The van der Waals surface area contributed by atoms with E-state index in [1.807, 2.05) is 86.6 Å². The van der Waals surface area contributed by atoms with Crippen molar-refractivity contribution in [3.8, 4) is 0 Å². The molecule has 1 aliphatic heterocycles. The van der Waals surface area contributed by atoms with Crippen LogP contribution in [-0.4, -0.2) is 75.5 Å². The van der Waals surface area contributed by atoms with Gasteiger partial charge in [0.05, 0.1) is 22.8 Å². The SMILES string of the molecule is CC(C)C[C@@H]1NC(=O)c2coc(n2)[C@H](CCCN(Cc2ccccn2)Cc2ccccn2)NC(=O)c2coc(n2)[C@H](CCCN(Cc2ccccn2)Cc2ccccn2)NC(=O)c2coc1n2.[Zn+2].[Zn+2]. The van der Waals surface area contributed by atoms with Crippen molar-refractivity contribution in [2.75, 3.05) is 13.1 Å². The number of carbonyl (C=O) groups is 3.